The molecule has 0 saturated carbocycles. The lowest BCUT2D eigenvalue weighted by molar-refractivity contribution is -0.152. The maximum Gasteiger partial charge on any atom is 0.347 e. The van der Waals surface area contributed by atoms with E-state index in [9.17, 15) is 14.7 Å². The second-order valence-electron chi connectivity index (χ2n) is 7.30. The first-order chi connectivity index (χ1) is 12.1. The summed E-state index contributed by atoms with van der Waals surface area (Å²) in [7, 11) is 0. The maximum absolute atomic E-state index is 12.8. The predicted molar refractivity (Wildman–Crippen MR) is 102 cm³/mol. The van der Waals surface area contributed by atoms with E-state index in [1.807, 2.05) is 63.2 Å². The lowest BCUT2D eigenvalue weighted by Crippen LogP contribution is -2.37. The third kappa shape index (κ3) is 4.51. The molecular formula is C22H26O4. The van der Waals surface area contributed by atoms with Crippen molar-refractivity contribution in [2.45, 2.75) is 46.1 Å². The van der Waals surface area contributed by atoms with Gasteiger partial charge in [0.15, 0.2) is 11.4 Å². The van der Waals surface area contributed by atoms with Crippen molar-refractivity contribution in [2.75, 3.05) is 0 Å². The van der Waals surface area contributed by atoms with Gasteiger partial charge in [-0.25, -0.2) is 4.79 Å². The molecule has 2 aromatic rings. The molecule has 0 fully saturated rings. The van der Waals surface area contributed by atoms with Gasteiger partial charge in [0.1, 0.15) is 5.75 Å². The third-order valence-corrected chi connectivity index (χ3v) is 4.77. The molecular weight excluding hydrogens is 328 g/mol. The molecule has 26 heavy (non-hydrogen) atoms. The minimum atomic E-state index is -1.31. The van der Waals surface area contributed by atoms with Gasteiger partial charge in [0.25, 0.3) is 0 Å². The van der Waals surface area contributed by atoms with E-state index in [1.165, 1.54) is 13.8 Å². The molecule has 0 bridgehead atoms. The van der Waals surface area contributed by atoms with Gasteiger partial charge in [-0.15, -0.1) is 0 Å². The van der Waals surface area contributed by atoms with Crippen molar-refractivity contribution in [3.8, 4) is 5.75 Å². The number of Topliss-reactive ketones (excluding diaryl/α,β-unsaturated/α-hetero) is 1. The summed E-state index contributed by atoms with van der Waals surface area (Å²) in [5.74, 6) is -0.689. The molecule has 2 aromatic carbocycles. The molecule has 0 spiro atoms. The fraction of sp³-hybridized carbons (Fsp3) is 0.364. The highest BCUT2D eigenvalue weighted by Crippen LogP contribution is 2.30. The molecule has 2 atom stereocenters. The Balaban J connectivity index is 2.19. The average molecular weight is 354 g/mol. The molecule has 0 amide bonds. The van der Waals surface area contributed by atoms with Crippen LogP contribution in [0.5, 0.6) is 5.75 Å². The highest BCUT2D eigenvalue weighted by molar-refractivity contribution is 5.98. The van der Waals surface area contributed by atoms with E-state index >= 15 is 0 Å². The van der Waals surface area contributed by atoms with Gasteiger partial charge in [-0.1, -0.05) is 55.8 Å². The molecule has 0 heterocycles. The lowest BCUT2D eigenvalue weighted by Gasteiger charge is -2.24. The number of rotatable bonds is 7. The van der Waals surface area contributed by atoms with E-state index in [-0.39, 0.29) is 17.6 Å². The van der Waals surface area contributed by atoms with Crippen molar-refractivity contribution in [3.63, 3.8) is 0 Å². The van der Waals surface area contributed by atoms with Gasteiger partial charge in [-0.05, 0) is 44.4 Å². The summed E-state index contributed by atoms with van der Waals surface area (Å²) >= 11 is 0. The standard InChI is InChI=1S/C22H26O4/c1-14-9-11-17(12-10-14)20(23)16(3)15(2)18-7-6-8-19(13-18)26-22(4,5)21(24)25/h6-13,15-16H,1-5H3,(H,24,25)/t15-,16-/m1/s1. The Kier molecular flexibility index (Phi) is 5.86. The van der Waals surface area contributed by atoms with Gasteiger partial charge in [0.05, 0.1) is 0 Å². The molecule has 0 unspecified atom stereocenters. The van der Waals surface area contributed by atoms with E-state index in [2.05, 4.69) is 0 Å². The first-order valence-corrected chi connectivity index (χ1v) is 8.75. The molecule has 2 rings (SSSR count). The summed E-state index contributed by atoms with van der Waals surface area (Å²) < 4.78 is 5.61. The van der Waals surface area contributed by atoms with Crippen LogP contribution >= 0.6 is 0 Å². The number of benzene rings is 2. The van der Waals surface area contributed by atoms with Crippen molar-refractivity contribution < 1.29 is 19.4 Å². The minimum Gasteiger partial charge on any atom is -0.478 e. The summed E-state index contributed by atoms with van der Waals surface area (Å²) in [5, 5.41) is 9.22. The number of hydrogen-bond acceptors (Lipinski definition) is 3. The molecule has 0 aliphatic carbocycles. The second-order valence-corrected chi connectivity index (χ2v) is 7.30. The van der Waals surface area contributed by atoms with Crippen LogP contribution in [0.15, 0.2) is 48.5 Å². The topological polar surface area (TPSA) is 63.6 Å². The summed E-state index contributed by atoms with van der Waals surface area (Å²) in [6, 6.07) is 14.9. The van der Waals surface area contributed by atoms with Crippen LogP contribution in [0, 0.1) is 12.8 Å². The lowest BCUT2D eigenvalue weighted by atomic mass is 9.83. The quantitative estimate of drug-likeness (QED) is 0.721. The molecule has 0 aliphatic heterocycles. The largest absolute Gasteiger partial charge is 0.478 e. The highest BCUT2D eigenvalue weighted by atomic mass is 16.5. The monoisotopic (exact) mass is 354 g/mol. The van der Waals surface area contributed by atoms with E-state index < -0.39 is 11.6 Å². The Morgan fingerprint density at radius 3 is 2.23 bits per heavy atom. The van der Waals surface area contributed by atoms with Crippen molar-refractivity contribution >= 4 is 11.8 Å². The fourth-order valence-corrected chi connectivity index (χ4v) is 2.70. The number of ketones is 1. The van der Waals surface area contributed by atoms with Gasteiger partial charge in [0, 0.05) is 11.5 Å². The van der Waals surface area contributed by atoms with Crippen LogP contribution in [0.3, 0.4) is 0 Å². The number of carbonyl (C=O) groups excluding carboxylic acids is 1. The zero-order chi connectivity index (χ0) is 19.5. The van der Waals surface area contributed by atoms with Gasteiger partial charge in [0.2, 0.25) is 0 Å². The van der Waals surface area contributed by atoms with Crippen molar-refractivity contribution in [1.82, 2.24) is 0 Å². The Morgan fingerprint density at radius 1 is 1.04 bits per heavy atom. The first kappa shape index (κ1) is 19.7. The molecule has 4 nitrogen and oxygen atoms in total. The Labute approximate surface area is 154 Å². The zero-order valence-electron chi connectivity index (χ0n) is 15.9. The number of aliphatic carboxylic acids is 1. The molecule has 0 aromatic heterocycles. The second kappa shape index (κ2) is 7.73. The Morgan fingerprint density at radius 2 is 1.65 bits per heavy atom. The normalized spacial score (nSPS) is 13.7. The third-order valence-electron chi connectivity index (χ3n) is 4.77. The predicted octanol–water partition coefficient (Wildman–Crippen LogP) is 4.86. The summed E-state index contributed by atoms with van der Waals surface area (Å²) in [6.07, 6.45) is 0. The van der Waals surface area contributed by atoms with Crippen LogP contribution in [-0.4, -0.2) is 22.5 Å². The van der Waals surface area contributed by atoms with Gasteiger partial charge < -0.3 is 9.84 Å². The number of carbonyl (C=O) groups is 2. The maximum atomic E-state index is 12.8. The van der Waals surface area contributed by atoms with Crippen LogP contribution in [0.2, 0.25) is 0 Å². The number of carboxylic acid groups (broad SMARTS) is 1. The Hall–Kier alpha value is -2.62. The van der Waals surface area contributed by atoms with Crippen molar-refractivity contribution in [3.05, 3.63) is 65.2 Å². The van der Waals surface area contributed by atoms with Gasteiger partial charge in [-0.2, -0.15) is 0 Å². The van der Waals surface area contributed by atoms with E-state index in [0.717, 1.165) is 11.1 Å². The Bertz CT molecular complexity index is 790. The van der Waals surface area contributed by atoms with Crippen LogP contribution in [-0.2, 0) is 4.79 Å². The van der Waals surface area contributed by atoms with Crippen LogP contribution in [0.1, 0.15) is 55.1 Å². The molecule has 138 valence electrons. The molecule has 1 N–H and O–H groups in total. The molecule has 0 aliphatic rings. The van der Waals surface area contributed by atoms with E-state index in [4.69, 9.17) is 4.74 Å². The van der Waals surface area contributed by atoms with Crippen molar-refractivity contribution in [2.24, 2.45) is 5.92 Å². The van der Waals surface area contributed by atoms with E-state index in [0.29, 0.717) is 11.3 Å². The highest BCUT2D eigenvalue weighted by Gasteiger charge is 2.30. The number of carboxylic acids is 1. The van der Waals surface area contributed by atoms with E-state index in [1.54, 1.807) is 6.07 Å². The fourth-order valence-electron chi connectivity index (χ4n) is 2.70. The molecule has 0 radical (unpaired) electrons. The van der Waals surface area contributed by atoms with Crippen LogP contribution in [0.4, 0.5) is 0 Å². The van der Waals surface area contributed by atoms with Gasteiger partial charge >= 0.3 is 5.97 Å². The first-order valence-electron chi connectivity index (χ1n) is 8.75. The molecule has 0 saturated heterocycles. The SMILES string of the molecule is Cc1ccc(C(=O)[C@H](C)[C@@H](C)c2cccc(OC(C)(C)C(=O)O)c2)cc1. The minimum absolute atomic E-state index is 0.0275. The number of hydrogen-bond donors (Lipinski definition) is 1. The van der Waals surface area contributed by atoms with Crippen LogP contribution in [0.25, 0.3) is 0 Å². The number of ether oxygens (including phenoxy) is 1. The van der Waals surface area contributed by atoms with Crippen LogP contribution < -0.4 is 4.74 Å². The van der Waals surface area contributed by atoms with Crippen molar-refractivity contribution in [1.29, 1.82) is 0 Å². The smallest absolute Gasteiger partial charge is 0.347 e. The van der Waals surface area contributed by atoms with Gasteiger partial charge in [-0.3, -0.25) is 4.79 Å². The molecule has 4 heteroatoms. The zero-order valence-corrected chi connectivity index (χ0v) is 15.9. The number of aryl methyl sites for hydroxylation is 1. The summed E-state index contributed by atoms with van der Waals surface area (Å²) in [5.41, 5.74) is 1.45. The summed E-state index contributed by atoms with van der Waals surface area (Å²) in [4.78, 5) is 24.0. The average Bonchev–Trinajstić information content (AvgIpc) is 2.60. The summed E-state index contributed by atoms with van der Waals surface area (Å²) in [6.45, 7) is 8.92.